The van der Waals surface area contributed by atoms with Gasteiger partial charge in [-0.15, -0.1) is 0 Å². The van der Waals surface area contributed by atoms with E-state index in [2.05, 4.69) is 20.9 Å². The van der Waals surface area contributed by atoms with Crippen molar-refractivity contribution in [2.75, 3.05) is 12.8 Å². The molecule has 0 saturated carbocycles. The molecule has 0 fully saturated rings. The van der Waals surface area contributed by atoms with E-state index in [9.17, 15) is 0 Å². The summed E-state index contributed by atoms with van der Waals surface area (Å²) in [5, 5.41) is 0. The van der Waals surface area contributed by atoms with Crippen molar-refractivity contribution in [1.82, 2.24) is 9.38 Å². The Balaban J connectivity index is 2.26. The molecule has 0 aliphatic heterocycles. The van der Waals surface area contributed by atoms with E-state index in [4.69, 9.17) is 10.5 Å². The number of halogens is 1. The summed E-state index contributed by atoms with van der Waals surface area (Å²) in [6.45, 7) is 2.02. The molecule has 1 aromatic carbocycles. The number of nitrogens with zero attached hydrogens (tertiary/aromatic N) is 2. The van der Waals surface area contributed by atoms with Crippen LogP contribution in [0.1, 0.15) is 5.56 Å². The van der Waals surface area contributed by atoms with Crippen molar-refractivity contribution in [1.29, 1.82) is 0 Å². The number of anilines is 1. The van der Waals surface area contributed by atoms with E-state index in [1.165, 1.54) is 0 Å². The fourth-order valence-electron chi connectivity index (χ4n) is 2.27. The van der Waals surface area contributed by atoms with Crippen LogP contribution in [0, 0.1) is 6.92 Å². The Morgan fingerprint density at radius 2 is 2.10 bits per heavy atom. The first-order valence-electron chi connectivity index (χ1n) is 6.18. The number of aryl methyl sites for hydroxylation is 1. The Hall–Kier alpha value is -2.01. The van der Waals surface area contributed by atoms with Crippen molar-refractivity contribution < 1.29 is 4.74 Å². The lowest BCUT2D eigenvalue weighted by Gasteiger charge is -2.03. The summed E-state index contributed by atoms with van der Waals surface area (Å²) in [7, 11) is 1.65. The fraction of sp³-hybridized carbons (Fsp3) is 0.133. The number of pyridine rings is 1. The van der Waals surface area contributed by atoms with Gasteiger partial charge in [0.1, 0.15) is 22.9 Å². The average Bonchev–Trinajstić information content (AvgIpc) is 2.77. The van der Waals surface area contributed by atoms with Crippen molar-refractivity contribution in [3.8, 4) is 17.0 Å². The van der Waals surface area contributed by atoms with Crippen LogP contribution in [0.2, 0.25) is 0 Å². The molecule has 3 rings (SSSR count). The Labute approximate surface area is 125 Å². The minimum absolute atomic E-state index is 0.623. The first-order valence-corrected chi connectivity index (χ1v) is 6.97. The Morgan fingerprint density at radius 3 is 2.85 bits per heavy atom. The van der Waals surface area contributed by atoms with Crippen molar-refractivity contribution in [3.05, 3.63) is 46.6 Å². The van der Waals surface area contributed by atoms with Gasteiger partial charge in [0, 0.05) is 16.2 Å². The van der Waals surface area contributed by atoms with Crippen LogP contribution in [0.3, 0.4) is 0 Å². The van der Waals surface area contributed by atoms with Crippen LogP contribution in [0.25, 0.3) is 16.9 Å². The van der Waals surface area contributed by atoms with Gasteiger partial charge in [0.15, 0.2) is 0 Å². The summed E-state index contributed by atoms with van der Waals surface area (Å²) in [5.74, 6) is 1.41. The van der Waals surface area contributed by atoms with Gasteiger partial charge in [-0.05, 0) is 46.6 Å². The Morgan fingerprint density at radius 1 is 1.30 bits per heavy atom. The molecular weight excluding hydrogens is 318 g/mol. The largest absolute Gasteiger partial charge is 0.497 e. The lowest BCUT2D eigenvalue weighted by molar-refractivity contribution is 0.415. The Kier molecular flexibility index (Phi) is 3.14. The highest BCUT2D eigenvalue weighted by Gasteiger charge is 2.13. The summed E-state index contributed by atoms with van der Waals surface area (Å²) in [4.78, 5) is 4.66. The highest BCUT2D eigenvalue weighted by atomic mass is 79.9. The van der Waals surface area contributed by atoms with Gasteiger partial charge in [-0.25, -0.2) is 4.98 Å². The average molecular weight is 332 g/mol. The molecule has 0 amide bonds. The zero-order valence-corrected chi connectivity index (χ0v) is 12.8. The molecule has 102 valence electrons. The number of benzene rings is 1. The number of hydrogen-bond donors (Lipinski definition) is 1. The molecule has 0 radical (unpaired) electrons. The van der Waals surface area contributed by atoms with E-state index >= 15 is 0 Å². The van der Waals surface area contributed by atoms with Crippen molar-refractivity contribution in [2.24, 2.45) is 0 Å². The van der Waals surface area contributed by atoms with Gasteiger partial charge in [-0.2, -0.15) is 0 Å². The molecule has 0 atom stereocenters. The van der Waals surface area contributed by atoms with Crippen LogP contribution in [-0.4, -0.2) is 16.5 Å². The molecule has 0 aliphatic carbocycles. The molecule has 0 bridgehead atoms. The number of rotatable bonds is 2. The van der Waals surface area contributed by atoms with Crippen LogP contribution in [0.5, 0.6) is 5.75 Å². The minimum Gasteiger partial charge on any atom is -0.497 e. The second-order valence-electron chi connectivity index (χ2n) is 4.61. The third-order valence-electron chi connectivity index (χ3n) is 3.25. The highest BCUT2D eigenvalue weighted by molar-refractivity contribution is 9.10. The number of methoxy groups -OCH3 is 1. The zero-order chi connectivity index (χ0) is 14.3. The molecular formula is C15H14BrN3O. The van der Waals surface area contributed by atoms with E-state index in [0.717, 1.165) is 32.7 Å². The summed E-state index contributed by atoms with van der Waals surface area (Å²) in [6.07, 6.45) is 1.92. The van der Waals surface area contributed by atoms with Gasteiger partial charge < -0.3 is 10.5 Å². The number of aromatic nitrogens is 2. The van der Waals surface area contributed by atoms with Crippen molar-refractivity contribution >= 4 is 27.4 Å². The number of nitrogen functional groups attached to an aromatic ring is 1. The molecule has 0 aliphatic rings. The number of nitrogens with two attached hydrogens (primary N) is 1. The van der Waals surface area contributed by atoms with Crippen molar-refractivity contribution in [2.45, 2.75) is 6.92 Å². The first-order chi connectivity index (χ1) is 9.60. The molecule has 0 saturated heterocycles. The predicted octanol–water partition coefficient (Wildman–Crippen LogP) is 3.66. The van der Waals surface area contributed by atoms with Crippen LogP contribution in [-0.2, 0) is 0 Å². The summed E-state index contributed by atoms with van der Waals surface area (Å²) >= 11 is 3.48. The molecule has 2 N–H and O–H groups in total. The second kappa shape index (κ2) is 4.83. The standard InChI is InChI=1S/C15H14BrN3O/c1-9-6-11(16)8-19-14(17)13(18-15(9)19)10-4-3-5-12(7-10)20-2/h3-8H,17H2,1-2H3. The molecule has 20 heavy (non-hydrogen) atoms. The van der Waals surface area contributed by atoms with Gasteiger partial charge in [-0.1, -0.05) is 12.1 Å². The molecule has 2 heterocycles. The number of ether oxygens (including phenoxy) is 1. The van der Waals surface area contributed by atoms with Crippen LogP contribution in [0.15, 0.2) is 41.0 Å². The maximum Gasteiger partial charge on any atom is 0.142 e. The maximum atomic E-state index is 6.24. The molecule has 4 nitrogen and oxygen atoms in total. The quantitative estimate of drug-likeness (QED) is 0.779. The molecule has 0 unspecified atom stereocenters. The van der Waals surface area contributed by atoms with E-state index in [1.54, 1.807) is 7.11 Å². The lowest BCUT2D eigenvalue weighted by Crippen LogP contribution is -1.95. The van der Waals surface area contributed by atoms with E-state index < -0.39 is 0 Å². The fourth-order valence-corrected chi connectivity index (χ4v) is 2.82. The third-order valence-corrected chi connectivity index (χ3v) is 3.68. The minimum atomic E-state index is 0.623. The van der Waals surface area contributed by atoms with Gasteiger partial charge >= 0.3 is 0 Å². The van der Waals surface area contributed by atoms with Gasteiger partial charge in [0.2, 0.25) is 0 Å². The number of fused-ring (bicyclic) bond motifs is 1. The summed E-state index contributed by atoms with van der Waals surface area (Å²) in [5.41, 5.74) is 9.89. The highest BCUT2D eigenvalue weighted by Crippen LogP contribution is 2.30. The Bertz CT molecular complexity index is 795. The smallest absolute Gasteiger partial charge is 0.142 e. The van der Waals surface area contributed by atoms with Crippen molar-refractivity contribution in [3.63, 3.8) is 0 Å². The third kappa shape index (κ3) is 2.04. The normalized spacial score (nSPS) is 10.9. The van der Waals surface area contributed by atoms with Gasteiger partial charge in [0.25, 0.3) is 0 Å². The monoisotopic (exact) mass is 331 g/mol. The molecule has 5 heteroatoms. The number of imidazole rings is 1. The van der Waals surface area contributed by atoms with E-state index in [1.807, 2.05) is 47.9 Å². The van der Waals surface area contributed by atoms with Gasteiger partial charge in [0.05, 0.1) is 7.11 Å². The van der Waals surface area contributed by atoms with Crippen LogP contribution < -0.4 is 10.5 Å². The van der Waals surface area contributed by atoms with Crippen LogP contribution >= 0.6 is 15.9 Å². The number of hydrogen-bond acceptors (Lipinski definition) is 3. The zero-order valence-electron chi connectivity index (χ0n) is 11.2. The summed E-state index contributed by atoms with van der Waals surface area (Å²) in [6, 6.07) is 9.77. The second-order valence-corrected chi connectivity index (χ2v) is 5.53. The first kappa shape index (κ1) is 13.0. The lowest BCUT2D eigenvalue weighted by atomic mass is 10.1. The maximum absolute atomic E-state index is 6.24. The molecule has 0 spiro atoms. The van der Waals surface area contributed by atoms with E-state index in [-0.39, 0.29) is 0 Å². The summed E-state index contributed by atoms with van der Waals surface area (Å²) < 4.78 is 8.12. The molecule has 2 aromatic heterocycles. The van der Waals surface area contributed by atoms with E-state index in [0.29, 0.717) is 5.82 Å². The van der Waals surface area contributed by atoms with Gasteiger partial charge in [-0.3, -0.25) is 4.40 Å². The molecule has 3 aromatic rings. The topological polar surface area (TPSA) is 52.5 Å². The SMILES string of the molecule is COc1cccc(-c2nc3c(C)cc(Br)cn3c2N)c1. The predicted molar refractivity (Wildman–Crippen MR) is 84.0 cm³/mol. The van der Waals surface area contributed by atoms with Crippen LogP contribution in [0.4, 0.5) is 5.82 Å².